The summed E-state index contributed by atoms with van der Waals surface area (Å²) in [5.41, 5.74) is -0.682. The van der Waals surface area contributed by atoms with E-state index in [1.165, 1.54) is 12.6 Å². The van der Waals surface area contributed by atoms with E-state index in [2.05, 4.69) is 22.2 Å². The van der Waals surface area contributed by atoms with Crippen LogP contribution in [0, 0.1) is 5.92 Å². The van der Waals surface area contributed by atoms with Gasteiger partial charge in [-0.05, 0) is 30.4 Å². The molecule has 2 atom stereocenters. The normalized spacial score (nSPS) is 28.1. The van der Waals surface area contributed by atoms with Gasteiger partial charge in [0, 0.05) is 6.54 Å². The van der Waals surface area contributed by atoms with E-state index in [0.29, 0.717) is 23.3 Å². The summed E-state index contributed by atoms with van der Waals surface area (Å²) in [6.07, 6.45) is 5.30. The van der Waals surface area contributed by atoms with Gasteiger partial charge in [0.15, 0.2) is 0 Å². The van der Waals surface area contributed by atoms with Gasteiger partial charge in [-0.1, -0.05) is 31.4 Å². The number of halogens is 2. The Morgan fingerprint density at radius 3 is 3.06 bits per heavy atom. The Morgan fingerprint density at radius 2 is 2.33 bits per heavy atom. The van der Waals surface area contributed by atoms with Crippen molar-refractivity contribution in [1.29, 1.82) is 0 Å². The van der Waals surface area contributed by atoms with E-state index in [-0.39, 0.29) is 5.28 Å². The Balaban J connectivity index is 2.00. The lowest BCUT2D eigenvalue weighted by molar-refractivity contribution is -0.000825. The molecular weight excluding hydrogens is 273 g/mol. The fourth-order valence-corrected chi connectivity index (χ4v) is 2.80. The van der Waals surface area contributed by atoms with Crippen molar-refractivity contribution in [3.05, 3.63) is 16.5 Å². The lowest BCUT2D eigenvalue weighted by atomic mass is 9.79. The molecule has 100 valence electrons. The van der Waals surface area contributed by atoms with E-state index in [1.54, 1.807) is 0 Å². The van der Waals surface area contributed by atoms with Crippen LogP contribution in [-0.2, 0) is 0 Å². The second-order valence-corrected chi connectivity index (χ2v) is 5.86. The number of hydrogen-bond acceptors (Lipinski definition) is 4. The molecule has 0 radical (unpaired) electrons. The zero-order valence-electron chi connectivity index (χ0n) is 10.3. The molecule has 0 saturated heterocycles. The highest BCUT2D eigenvalue weighted by molar-refractivity contribution is 6.33. The first-order chi connectivity index (χ1) is 8.48. The van der Waals surface area contributed by atoms with Gasteiger partial charge in [0.25, 0.3) is 0 Å². The molecular formula is C12H17Cl2N3O. The lowest BCUT2D eigenvalue weighted by Crippen LogP contribution is -2.41. The quantitative estimate of drug-likeness (QED) is 0.840. The lowest BCUT2D eigenvalue weighted by Gasteiger charge is -2.35. The first kappa shape index (κ1) is 13.8. The molecule has 2 unspecified atom stereocenters. The molecule has 2 rings (SSSR count). The molecule has 1 saturated carbocycles. The zero-order chi connectivity index (χ0) is 13.2. The number of hydrogen-bond donors (Lipinski definition) is 2. The fourth-order valence-electron chi connectivity index (χ4n) is 2.51. The maximum absolute atomic E-state index is 10.5. The summed E-state index contributed by atoms with van der Waals surface area (Å²) >= 11 is 11.7. The van der Waals surface area contributed by atoms with Crippen LogP contribution in [0.25, 0.3) is 0 Å². The average Bonchev–Trinajstić information content (AvgIpc) is 2.30. The molecule has 6 heteroatoms. The monoisotopic (exact) mass is 289 g/mol. The molecule has 1 aliphatic rings. The van der Waals surface area contributed by atoms with Gasteiger partial charge in [-0.3, -0.25) is 0 Å². The van der Waals surface area contributed by atoms with Crippen molar-refractivity contribution >= 4 is 29.0 Å². The molecule has 2 N–H and O–H groups in total. The number of aromatic nitrogens is 2. The minimum Gasteiger partial charge on any atom is -0.388 e. The second kappa shape index (κ2) is 5.59. The Hall–Kier alpha value is -0.580. The van der Waals surface area contributed by atoms with Gasteiger partial charge in [-0.25, -0.2) is 4.98 Å². The molecule has 0 spiro atoms. The Kier molecular flexibility index (Phi) is 4.30. The molecule has 0 aliphatic heterocycles. The smallest absolute Gasteiger partial charge is 0.224 e. The minimum absolute atomic E-state index is 0.144. The first-order valence-corrected chi connectivity index (χ1v) is 6.88. The number of aliphatic hydroxyl groups is 1. The van der Waals surface area contributed by atoms with Crippen molar-refractivity contribution < 1.29 is 5.11 Å². The van der Waals surface area contributed by atoms with E-state index in [4.69, 9.17) is 23.2 Å². The molecule has 1 aromatic heterocycles. The van der Waals surface area contributed by atoms with Gasteiger partial charge < -0.3 is 10.4 Å². The van der Waals surface area contributed by atoms with E-state index in [0.717, 1.165) is 19.3 Å². The molecule has 4 nitrogen and oxygen atoms in total. The summed E-state index contributed by atoms with van der Waals surface area (Å²) in [4.78, 5) is 7.79. The van der Waals surface area contributed by atoms with E-state index >= 15 is 0 Å². The summed E-state index contributed by atoms with van der Waals surface area (Å²) < 4.78 is 0. The van der Waals surface area contributed by atoms with Gasteiger partial charge in [-0.15, -0.1) is 0 Å². The highest BCUT2D eigenvalue weighted by Gasteiger charge is 2.32. The van der Waals surface area contributed by atoms with Gasteiger partial charge in [-0.2, -0.15) is 4.98 Å². The average molecular weight is 290 g/mol. The largest absolute Gasteiger partial charge is 0.388 e. The van der Waals surface area contributed by atoms with Crippen LogP contribution in [0.2, 0.25) is 10.3 Å². The molecule has 0 bridgehead atoms. The topological polar surface area (TPSA) is 58.0 Å². The molecule has 0 amide bonds. The number of nitrogens with one attached hydrogen (secondary N) is 1. The van der Waals surface area contributed by atoms with E-state index < -0.39 is 5.60 Å². The van der Waals surface area contributed by atoms with Crippen molar-refractivity contribution in [2.45, 2.75) is 38.2 Å². The van der Waals surface area contributed by atoms with E-state index in [1.807, 2.05) is 0 Å². The third-order valence-electron chi connectivity index (χ3n) is 3.37. The Labute approximate surface area is 117 Å². The van der Waals surface area contributed by atoms with Crippen LogP contribution in [0.1, 0.15) is 32.6 Å². The van der Waals surface area contributed by atoms with E-state index in [9.17, 15) is 5.11 Å². The summed E-state index contributed by atoms with van der Waals surface area (Å²) in [7, 11) is 0. The Morgan fingerprint density at radius 1 is 1.56 bits per heavy atom. The van der Waals surface area contributed by atoms with Crippen molar-refractivity contribution in [2.24, 2.45) is 5.92 Å². The van der Waals surface area contributed by atoms with Gasteiger partial charge in [0.05, 0.1) is 11.8 Å². The molecule has 18 heavy (non-hydrogen) atoms. The van der Waals surface area contributed by atoms with Gasteiger partial charge in [0.2, 0.25) is 5.28 Å². The number of rotatable bonds is 3. The summed E-state index contributed by atoms with van der Waals surface area (Å²) in [6.45, 7) is 2.60. The van der Waals surface area contributed by atoms with Crippen LogP contribution in [-0.4, -0.2) is 27.2 Å². The predicted octanol–water partition coefficient (Wildman–Crippen LogP) is 3.14. The van der Waals surface area contributed by atoms with Crippen LogP contribution in [0.3, 0.4) is 0 Å². The predicted molar refractivity (Wildman–Crippen MR) is 73.1 cm³/mol. The summed E-state index contributed by atoms with van der Waals surface area (Å²) in [5.74, 6) is 1.03. The van der Waals surface area contributed by atoms with Gasteiger partial charge in [0.1, 0.15) is 10.8 Å². The van der Waals surface area contributed by atoms with Crippen LogP contribution in [0.15, 0.2) is 6.20 Å². The summed E-state index contributed by atoms with van der Waals surface area (Å²) in [5, 5.41) is 14.1. The van der Waals surface area contributed by atoms with Crippen molar-refractivity contribution in [1.82, 2.24) is 9.97 Å². The van der Waals surface area contributed by atoms with Crippen molar-refractivity contribution in [2.75, 3.05) is 11.9 Å². The third-order valence-corrected chi connectivity index (χ3v) is 3.83. The van der Waals surface area contributed by atoms with Crippen LogP contribution < -0.4 is 5.32 Å². The molecule has 1 aromatic rings. The molecule has 1 heterocycles. The minimum atomic E-state index is -0.682. The highest BCUT2D eigenvalue weighted by atomic mass is 35.5. The fraction of sp³-hybridized carbons (Fsp3) is 0.667. The SMILES string of the molecule is CC1CCCC(O)(CNc2nc(Cl)ncc2Cl)C1. The third kappa shape index (κ3) is 3.46. The number of nitrogens with zero attached hydrogens (tertiary/aromatic N) is 2. The molecule has 1 fully saturated rings. The first-order valence-electron chi connectivity index (χ1n) is 6.13. The number of anilines is 1. The van der Waals surface area contributed by atoms with Crippen LogP contribution in [0.4, 0.5) is 5.82 Å². The van der Waals surface area contributed by atoms with Crippen molar-refractivity contribution in [3.8, 4) is 0 Å². The standard InChI is InChI=1S/C12H17Cl2N3O/c1-8-3-2-4-12(18,5-8)7-16-10-9(13)6-15-11(14)17-10/h6,8,18H,2-5,7H2,1H3,(H,15,16,17). The maximum Gasteiger partial charge on any atom is 0.224 e. The molecule has 0 aromatic carbocycles. The second-order valence-electron chi connectivity index (χ2n) is 5.11. The van der Waals surface area contributed by atoms with Crippen LogP contribution in [0.5, 0.6) is 0 Å². The highest BCUT2D eigenvalue weighted by Crippen LogP contribution is 2.32. The zero-order valence-corrected chi connectivity index (χ0v) is 11.8. The summed E-state index contributed by atoms with van der Waals surface area (Å²) in [6, 6.07) is 0. The van der Waals surface area contributed by atoms with Crippen molar-refractivity contribution in [3.63, 3.8) is 0 Å². The molecule has 1 aliphatic carbocycles. The maximum atomic E-state index is 10.5. The Bertz CT molecular complexity index is 430. The van der Waals surface area contributed by atoms with Crippen LogP contribution >= 0.6 is 23.2 Å². The van der Waals surface area contributed by atoms with Gasteiger partial charge >= 0.3 is 0 Å².